The number of nitrogens with zero attached hydrogens (tertiary/aromatic N) is 2. The summed E-state index contributed by atoms with van der Waals surface area (Å²) in [6, 6.07) is 10.3. The van der Waals surface area contributed by atoms with Crippen LogP contribution in [0.4, 0.5) is 0 Å². The Labute approximate surface area is 109 Å². The number of para-hydroxylation sites is 1. The zero-order valence-corrected chi connectivity index (χ0v) is 11.3. The van der Waals surface area contributed by atoms with Crippen molar-refractivity contribution in [3.05, 3.63) is 29.8 Å². The van der Waals surface area contributed by atoms with Gasteiger partial charge in [-0.1, -0.05) is 18.2 Å². The van der Waals surface area contributed by atoms with Crippen molar-refractivity contribution in [2.75, 3.05) is 20.7 Å². The van der Waals surface area contributed by atoms with Gasteiger partial charge in [-0.05, 0) is 20.0 Å². The Balaban J connectivity index is 2.98. The van der Waals surface area contributed by atoms with Crippen LogP contribution in [0, 0.1) is 11.3 Å². The lowest BCUT2D eigenvalue weighted by atomic mass is 10.0. The first-order valence-electron chi connectivity index (χ1n) is 6.07. The predicted octanol–water partition coefficient (Wildman–Crippen LogP) is 1.93. The summed E-state index contributed by atoms with van der Waals surface area (Å²) in [5, 5.41) is 8.78. The zero-order chi connectivity index (χ0) is 13.5. The van der Waals surface area contributed by atoms with E-state index in [2.05, 4.69) is 11.0 Å². The van der Waals surface area contributed by atoms with Gasteiger partial charge in [-0.25, -0.2) is 0 Å². The van der Waals surface area contributed by atoms with Crippen LogP contribution in [-0.2, 0) is 0 Å². The molecule has 0 saturated carbocycles. The summed E-state index contributed by atoms with van der Waals surface area (Å²) in [7, 11) is 3.65. The number of ether oxygens (including phenoxy) is 1. The molecule has 0 bridgehead atoms. The molecule has 2 atom stereocenters. The Kier molecular flexibility index (Phi) is 5.63. The first-order chi connectivity index (χ1) is 8.65. The minimum atomic E-state index is 0.0597. The molecule has 0 radical (unpaired) electrons. The maximum absolute atomic E-state index is 8.78. The monoisotopic (exact) mass is 247 g/mol. The smallest absolute Gasteiger partial charge is 0.123 e. The van der Waals surface area contributed by atoms with Crippen molar-refractivity contribution in [2.24, 2.45) is 5.73 Å². The van der Waals surface area contributed by atoms with Crippen LogP contribution in [0.2, 0.25) is 0 Å². The lowest BCUT2D eigenvalue weighted by Gasteiger charge is -2.32. The van der Waals surface area contributed by atoms with Gasteiger partial charge in [0.1, 0.15) is 5.75 Å². The second-order valence-electron chi connectivity index (χ2n) is 4.37. The third-order valence-corrected chi connectivity index (χ3v) is 3.29. The highest BCUT2D eigenvalue weighted by molar-refractivity contribution is 5.36. The quantitative estimate of drug-likeness (QED) is 0.834. The van der Waals surface area contributed by atoms with Gasteiger partial charge in [0.05, 0.1) is 25.6 Å². The molecule has 1 aromatic rings. The molecule has 0 aliphatic heterocycles. The number of rotatable bonds is 6. The Morgan fingerprint density at radius 2 is 2.11 bits per heavy atom. The molecule has 2 N–H and O–H groups in total. The summed E-state index contributed by atoms with van der Waals surface area (Å²) in [5.74, 6) is 0.837. The fourth-order valence-electron chi connectivity index (χ4n) is 2.04. The van der Waals surface area contributed by atoms with Crippen LogP contribution in [-0.4, -0.2) is 31.6 Å². The molecule has 1 rings (SSSR count). The van der Waals surface area contributed by atoms with E-state index in [1.54, 1.807) is 7.11 Å². The first-order valence-corrected chi connectivity index (χ1v) is 6.07. The summed E-state index contributed by atoms with van der Waals surface area (Å²) in [4.78, 5) is 2.13. The maximum atomic E-state index is 8.78. The Morgan fingerprint density at radius 1 is 1.44 bits per heavy atom. The van der Waals surface area contributed by atoms with Crippen LogP contribution >= 0.6 is 0 Å². The molecule has 4 heteroatoms. The average molecular weight is 247 g/mol. The minimum absolute atomic E-state index is 0.0597. The molecule has 2 unspecified atom stereocenters. The largest absolute Gasteiger partial charge is 0.496 e. The summed E-state index contributed by atoms with van der Waals surface area (Å²) < 4.78 is 5.37. The molecule has 18 heavy (non-hydrogen) atoms. The first kappa shape index (κ1) is 14.5. The Morgan fingerprint density at radius 3 is 2.67 bits per heavy atom. The number of nitrogens with two attached hydrogens (primary N) is 1. The molecule has 4 nitrogen and oxygen atoms in total. The lowest BCUT2D eigenvalue weighted by molar-refractivity contribution is 0.187. The summed E-state index contributed by atoms with van der Waals surface area (Å²) in [6.45, 7) is 2.52. The van der Waals surface area contributed by atoms with Crippen molar-refractivity contribution < 1.29 is 4.74 Å². The molecular weight excluding hydrogens is 226 g/mol. The van der Waals surface area contributed by atoms with E-state index in [1.165, 1.54) is 0 Å². The van der Waals surface area contributed by atoms with E-state index < -0.39 is 0 Å². The van der Waals surface area contributed by atoms with Gasteiger partial charge in [-0.2, -0.15) is 5.26 Å². The van der Waals surface area contributed by atoms with Crippen molar-refractivity contribution in [3.63, 3.8) is 0 Å². The van der Waals surface area contributed by atoms with Gasteiger partial charge in [0, 0.05) is 18.2 Å². The lowest BCUT2D eigenvalue weighted by Crippen LogP contribution is -2.37. The van der Waals surface area contributed by atoms with Crippen molar-refractivity contribution >= 4 is 0 Å². The second kappa shape index (κ2) is 7.00. The molecule has 0 aliphatic rings. The topological polar surface area (TPSA) is 62.3 Å². The third-order valence-electron chi connectivity index (χ3n) is 3.29. The van der Waals surface area contributed by atoms with E-state index in [0.29, 0.717) is 13.0 Å². The van der Waals surface area contributed by atoms with Gasteiger partial charge in [-0.3, -0.25) is 4.90 Å². The zero-order valence-electron chi connectivity index (χ0n) is 11.3. The van der Waals surface area contributed by atoms with Crippen molar-refractivity contribution in [3.8, 4) is 11.8 Å². The summed E-state index contributed by atoms with van der Waals surface area (Å²) >= 11 is 0. The van der Waals surface area contributed by atoms with Crippen molar-refractivity contribution in [2.45, 2.75) is 25.4 Å². The van der Waals surface area contributed by atoms with E-state index in [9.17, 15) is 0 Å². The standard InChI is InChI=1S/C14H21N3O/c1-11(8-9-15)17(2)13(10-16)12-6-4-5-7-14(12)18-3/h4-7,11,13H,8,10,16H2,1-3H3. The SMILES string of the molecule is COc1ccccc1C(CN)N(C)C(C)CC#N. The van der Waals surface area contributed by atoms with Gasteiger partial charge in [0.25, 0.3) is 0 Å². The van der Waals surface area contributed by atoms with Crippen molar-refractivity contribution in [1.82, 2.24) is 4.90 Å². The van der Waals surface area contributed by atoms with E-state index in [-0.39, 0.29) is 12.1 Å². The van der Waals surface area contributed by atoms with Crippen LogP contribution < -0.4 is 10.5 Å². The van der Waals surface area contributed by atoms with E-state index >= 15 is 0 Å². The number of nitriles is 1. The van der Waals surface area contributed by atoms with Gasteiger partial charge in [0.15, 0.2) is 0 Å². The fourth-order valence-corrected chi connectivity index (χ4v) is 2.04. The van der Waals surface area contributed by atoms with E-state index in [4.69, 9.17) is 15.7 Å². The van der Waals surface area contributed by atoms with E-state index in [1.807, 2.05) is 38.2 Å². The minimum Gasteiger partial charge on any atom is -0.496 e. The maximum Gasteiger partial charge on any atom is 0.123 e. The number of likely N-dealkylation sites (N-methyl/N-ethyl adjacent to an activating group) is 1. The molecule has 0 spiro atoms. The Hall–Kier alpha value is -1.57. The van der Waals surface area contributed by atoms with E-state index in [0.717, 1.165) is 11.3 Å². The molecular formula is C14H21N3O. The summed E-state index contributed by atoms with van der Waals surface area (Å²) in [5.41, 5.74) is 6.95. The number of hydrogen-bond donors (Lipinski definition) is 1. The van der Waals surface area contributed by atoms with Gasteiger partial charge in [0.2, 0.25) is 0 Å². The average Bonchev–Trinajstić information content (AvgIpc) is 2.40. The highest BCUT2D eigenvalue weighted by Crippen LogP contribution is 2.29. The highest BCUT2D eigenvalue weighted by Gasteiger charge is 2.22. The van der Waals surface area contributed by atoms with Gasteiger partial charge in [-0.15, -0.1) is 0 Å². The molecule has 98 valence electrons. The third kappa shape index (κ3) is 3.22. The number of hydrogen-bond acceptors (Lipinski definition) is 4. The molecule has 0 aromatic heterocycles. The summed E-state index contributed by atoms with van der Waals surface area (Å²) in [6.07, 6.45) is 0.488. The fraction of sp³-hybridized carbons (Fsp3) is 0.500. The second-order valence-corrected chi connectivity index (χ2v) is 4.37. The van der Waals surface area contributed by atoms with Crippen molar-refractivity contribution in [1.29, 1.82) is 5.26 Å². The number of methoxy groups -OCH3 is 1. The molecule has 1 aromatic carbocycles. The predicted molar refractivity (Wildman–Crippen MR) is 72.2 cm³/mol. The van der Waals surface area contributed by atoms with Crippen LogP contribution in [0.5, 0.6) is 5.75 Å². The van der Waals surface area contributed by atoms with Crippen LogP contribution in [0.15, 0.2) is 24.3 Å². The van der Waals surface area contributed by atoms with Gasteiger partial charge >= 0.3 is 0 Å². The highest BCUT2D eigenvalue weighted by atomic mass is 16.5. The molecule has 0 saturated heterocycles. The molecule has 0 fully saturated rings. The molecule has 0 aliphatic carbocycles. The van der Waals surface area contributed by atoms with Crippen LogP contribution in [0.25, 0.3) is 0 Å². The van der Waals surface area contributed by atoms with Gasteiger partial charge < -0.3 is 10.5 Å². The number of benzene rings is 1. The molecule has 0 heterocycles. The Bertz CT molecular complexity index is 414. The van der Waals surface area contributed by atoms with Crippen LogP contribution in [0.3, 0.4) is 0 Å². The normalized spacial score (nSPS) is 14.0. The van der Waals surface area contributed by atoms with Crippen LogP contribution in [0.1, 0.15) is 24.9 Å². The molecule has 0 amide bonds.